The topological polar surface area (TPSA) is 51.2 Å². The number of aromatic nitrogens is 1. The summed E-state index contributed by atoms with van der Waals surface area (Å²) in [6, 6.07) is 8.80. The van der Waals surface area contributed by atoms with Gasteiger partial charge in [0.05, 0.1) is 19.0 Å². The zero-order valence-electron chi connectivity index (χ0n) is 10.3. The molecule has 0 aliphatic carbocycles. The number of pyridine rings is 1. The number of ether oxygens (including phenoxy) is 1. The smallest absolute Gasteiger partial charge is 0.255 e. The van der Waals surface area contributed by atoms with Gasteiger partial charge in [-0.05, 0) is 42.8 Å². The van der Waals surface area contributed by atoms with Crippen molar-refractivity contribution in [2.24, 2.45) is 0 Å². The highest BCUT2D eigenvalue weighted by Crippen LogP contribution is 2.15. The second-order valence-electron chi connectivity index (χ2n) is 3.87. The average Bonchev–Trinajstić information content (AvgIpc) is 2.41. The Morgan fingerprint density at radius 1 is 1.22 bits per heavy atom. The van der Waals surface area contributed by atoms with Crippen molar-refractivity contribution in [2.45, 2.75) is 6.92 Å². The molecule has 1 amide bonds. The van der Waals surface area contributed by atoms with Crippen molar-refractivity contribution < 1.29 is 9.53 Å². The van der Waals surface area contributed by atoms with Gasteiger partial charge in [0, 0.05) is 11.8 Å². The molecule has 1 aromatic carbocycles. The maximum atomic E-state index is 12.0. The van der Waals surface area contributed by atoms with Gasteiger partial charge in [0.15, 0.2) is 0 Å². The number of carbonyl (C=O) groups is 1. The lowest BCUT2D eigenvalue weighted by Gasteiger charge is -2.07. The van der Waals surface area contributed by atoms with Crippen LogP contribution in [0.5, 0.6) is 5.75 Å². The van der Waals surface area contributed by atoms with Crippen molar-refractivity contribution in [1.29, 1.82) is 0 Å². The van der Waals surface area contributed by atoms with Crippen LogP contribution in [0, 0.1) is 6.92 Å². The molecule has 0 fully saturated rings. The van der Waals surface area contributed by atoms with Gasteiger partial charge in [-0.1, -0.05) is 0 Å². The van der Waals surface area contributed by atoms with E-state index >= 15 is 0 Å². The second kappa shape index (κ2) is 5.31. The molecule has 2 aromatic rings. The molecule has 18 heavy (non-hydrogen) atoms. The number of benzene rings is 1. The van der Waals surface area contributed by atoms with Gasteiger partial charge in [0.1, 0.15) is 5.75 Å². The lowest BCUT2D eigenvalue weighted by Crippen LogP contribution is -2.12. The average molecular weight is 242 g/mol. The zero-order valence-corrected chi connectivity index (χ0v) is 10.3. The molecule has 0 saturated carbocycles. The second-order valence-corrected chi connectivity index (χ2v) is 3.87. The minimum Gasteiger partial charge on any atom is -0.497 e. The van der Waals surface area contributed by atoms with Crippen molar-refractivity contribution in [3.05, 3.63) is 53.9 Å². The van der Waals surface area contributed by atoms with Gasteiger partial charge in [-0.25, -0.2) is 0 Å². The minimum atomic E-state index is -0.159. The number of hydrogen-bond donors (Lipinski definition) is 1. The molecule has 1 heterocycles. The summed E-state index contributed by atoms with van der Waals surface area (Å²) >= 11 is 0. The Hall–Kier alpha value is -2.36. The van der Waals surface area contributed by atoms with Gasteiger partial charge in [-0.3, -0.25) is 9.78 Å². The fourth-order valence-electron chi connectivity index (χ4n) is 1.53. The fraction of sp³-hybridized carbons (Fsp3) is 0.143. The Morgan fingerprint density at radius 2 is 1.94 bits per heavy atom. The third kappa shape index (κ3) is 2.66. The molecular formula is C14H14N2O2. The zero-order chi connectivity index (χ0) is 13.0. The lowest BCUT2D eigenvalue weighted by atomic mass is 10.2. The highest BCUT2D eigenvalue weighted by molar-refractivity contribution is 6.04. The van der Waals surface area contributed by atoms with E-state index in [1.165, 1.54) is 0 Å². The summed E-state index contributed by atoms with van der Waals surface area (Å²) in [5.74, 6) is 0.567. The molecule has 4 heteroatoms. The van der Waals surface area contributed by atoms with Crippen LogP contribution in [-0.2, 0) is 0 Å². The van der Waals surface area contributed by atoms with E-state index in [1.54, 1.807) is 43.8 Å². The first-order chi connectivity index (χ1) is 8.70. The molecule has 0 aliphatic heterocycles. The van der Waals surface area contributed by atoms with Gasteiger partial charge in [0.25, 0.3) is 5.91 Å². The van der Waals surface area contributed by atoms with Crippen LogP contribution < -0.4 is 10.1 Å². The van der Waals surface area contributed by atoms with Crippen molar-refractivity contribution in [3.8, 4) is 5.75 Å². The highest BCUT2D eigenvalue weighted by Gasteiger charge is 2.07. The molecule has 0 radical (unpaired) electrons. The number of nitrogens with zero attached hydrogens (tertiary/aromatic N) is 1. The Labute approximate surface area is 106 Å². The van der Waals surface area contributed by atoms with Crippen LogP contribution in [0.3, 0.4) is 0 Å². The molecule has 1 aromatic heterocycles. The largest absolute Gasteiger partial charge is 0.497 e. The number of rotatable bonds is 3. The van der Waals surface area contributed by atoms with Gasteiger partial charge < -0.3 is 10.1 Å². The van der Waals surface area contributed by atoms with Crippen LogP contribution >= 0.6 is 0 Å². The van der Waals surface area contributed by atoms with Crippen LogP contribution in [0.4, 0.5) is 5.69 Å². The van der Waals surface area contributed by atoms with Gasteiger partial charge in [-0.2, -0.15) is 0 Å². The number of methoxy groups -OCH3 is 1. The maximum Gasteiger partial charge on any atom is 0.255 e. The first-order valence-electron chi connectivity index (χ1n) is 5.56. The quantitative estimate of drug-likeness (QED) is 0.900. The van der Waals surface area contributed by atoms with Crippen LogP contribution in [-0.4, -0.2) is 18.0 Å². The normalized spacial score (nSPS) is 9.89. The summed E-state index contributed by atoms with van der Waals surface area (Å²) < 4.78 is 5.04. The third-order valence-electron chi connectivity index (χ3n) is 2.64. The minimum absolute atomic E-state index is 0.159. The van der Waals surface area contributed by atoms with E-state index in [9.17, 15) is 4.79 Å². The summed E-state index contributed by atoms with van der Waals surface area (Å²) in [6.07, 6.45) is 3.33. The van der Waals surface area contributed by atoms with Crippen molar-refractivity contribution in [3.63, 3.8) is 0 Å². The molecule has 0 atom stereocenters. The predicted octanol–water partition coefficient (Wildman–Crippen LogP) is 2.65. The van der Waals surface area contributed by atoms with E-state index < -0.39 is 0 Å². The molecule has 1 N–H and O–H groups in total. The standard InChI is InChI=1S/C14H14N2O2/c1-10-7-8-15-9-13(10)16-14(17)11-3-5-12(18-2)6-4-11/h3-9H,1-2H3,(H,16,17). The van der Waals surface area contributed by atoms with Crippen LogP contribution in [0.25, 0.3) is 0 Å². The Kier molecular flexibility index (Phi) is 3.57. The number of amides is 1. The summed E-state index contributed by atoms with van der Waals surface area (Å²) in [5, 5.41) is 2.82. The highest BCUT2D eigenvalue weighted by atomic mass is 16.5. The molecule has 0 unspecified atom stereocenters. The Bertz CT molecular complexity index is 550. The van der Waals surface area contributed by atoms with Gasteiger partial charge in [0.2, 0.25) is 0 Å². The Balaban J connectivity index is 2.14. The number of carbonyl (C=O) groups excluding carboxylic acids is 1. The van der Waals surface area contributed by atoms with Gasteiger partial charge >= 0.3 is 0 Å². The molecular weight excluding hydrogens is 228 g/mol. The van der Waals surface area contributed by atoms with E-state index in [4.69, 9.17) is 4.74 Å². The van der Waals surface area contributed by atoms with Crippen molar-refractivity contribution in [2.75, 3.05) is 12.4 Å². The number of hydrogen-bond acceptors (Lipinski definition) is 3. The monoisotopic (exact) mass is 242 g/mol. The van der Waals surface area contributed by atoms with Gasteiger partial charge in [-0.15, -0.1) is 0 Å². The molecule has 92 valence electrons. The van der Waals surface area contributed by atoms with Crippen LogP contribution in [0.2, 0.25) is 0 Å². The van der Waals surface area contributed by atoms with Crippen LogP contribution in [0.1, 0.15) is 15.9 Å². The SMILES string of the molecule is COc1ccc(C(=O)Nc2cnccc2C)cc1. The predicted molar refractivity (Wildman–Crippen MR) is 69.9 cm³/mol. The van der Waals surface area contributed by atoms with E-state index in [0.29, 0.717) is 5.56 Å². The summed E-state index contributed by atoms with van der Waals surface area (Å²) in [6.45, 7) is 1.92. The summed E-state index contributed by atoms with van der Waals surface area (Å²) in [7, 11) is 1.59. The fourth-order valence-corrected chi connectivity index (χ4v) is 1.53. The van der Waals surface area contributed by atoms with Crippen molar-refractivity contribution in [1.82, 2.24) is 4.98 Å². The molecule has 0 aliphatic rings. The van der Waals surface area contributed by atoms with E-state index in [0.717, 1.165) is 17.0 Å². The van der Waals surface area contributed by atoms with Crippen molar-refractivity contribution >= 4 is 11.6 Å². The summed E-state index contributed by atoms with van der Waals surface area (Å²) in [5.41, 5.74) is 2.28. The number of anilines is 1. The Morgan fingerprint density at radius 3 is 2.56 bits per heavy atom. The number of aryl methyl sites for hydroxylation is 1. The first-order valence-corrected chi connectivity index (χ1v) is 5.56. The summed E-state index contributed by atoms with van der Waals surface area (Å²) in [4.78, 5) is 16.0. The molecule has 0 spiro atoms. The lowest BCUT2D eigenvalue weighted by molar-refractivity contribution is 0.102. The van der Waals surface area contributed by atoms with Crippen LogP contribution in [0.15, 0.2) is 42.7 Å². The van der Waals surface area contributed by atoms with E-state index in [-0.39, 0.29) is 5.91 Å². The third-order valence-corrected chi connectivity index (χ3v) is 2.64. The van der Waals surface area contributed by atoms with E-state index in [2.05, 4.69) is 10.3 Å². The van der Waals surface area contributed by atoms with E-state index in [1.807, 2.05) is 13.0 Å². The molecule has 2 rings (SSSR count). The number of nitrogens with one attached hydrogen (secondary N) is 1. The maximum absolute atomic E-state index is 12.0. The molecule has 0 saturated heterocycles. The molecule has 4 nitrogen and oxygen atoms in total. The first kappa shape index (κ1) is 12.1. The molecule has 0 bridgehead atoms.